The number of hydrogen-bond donors (Lipinski definition) is 1. The first-order valence-corrected chi connectivity index (χ1v) is 5.74. The Labute approximate surface area is 105 Å². The normalized spacial score (nSPS) is 10.8. The Balaban J connectivity index is 2.36. The van der Waals surface area contributed by atoms with Crippen molar-refractivity contribution in [1.29, 1.82) is 0 Å². The van der Waals surface area contributed by atoms with E-state index in [1.165, 1.54) is 0 Å². The van der Waals surface area contributed by atoms with Crippen LogP contribution < -0.4 is 5.32 Å². The van der Waals surface area contributed by atoms with E-state index in [9.17, 15) is 0 Å². The first-order chi connectivity index (χ1) is 8.79. The fourth-order valence-electron chi connectivity index (χ4n) is 1.96. The lowest BCUT2D eigenvalue weighted by molar-refractivity contribution is 0.936. The third-order valence-corrected chi connectivity index (χ3v) is 2.86. The second kappa shape index (κ2) is 4.10. The molecule has 0 unspecified atom stereocenters. The van der Waals surface area contributed by atoms with Gasteiger partial charge in [-0.25, -0.2) is 9.97 Å². The molecular weight excluding hydrogens is 226 g/mol. The van der Waals surface area contributed by atoms with E-state index in [1.807, 2.05) is 49.0 Å². The van der Waals surface area contributed by atoms with E-state index in [-0.39, 0.29) is 0 Å². The number of fused-ring (bicyclic) bond motifs is 1. The summed E-state index contributed by atoms with van der Waals surface area (Å²) in [6.45, 7) is 1.95. The fraction of sp³-hybridized carbons (Fsp3) is 0.154. The molecule has 1 aromatic carbocycles. The summed E-state index contributed by atoms with van der Waals surface area (Å²) in [6.07, 6.45) is 3.68. The van der Waals surface area contributed by atoms with Gasteiger partial charge in [-0.2, -0.15) is 4.98 Å². The summed E-state index contributed by atoms with van der Waals surface area (Å²) >= 11 is 0. The van der Waals surface area contributed by atoms with E-state index in [0.717, 1.165) is 22.5 Å². The Morgan fingerprint density at radius 1 is 1.17 bits per heavy atom. The zero-order valence-electron chi connectivity index (χ0n) is 10.3. The van der Waals surface area contributed by atoms with Crippen LogP contribution in [0, 0.1) is 6.92 Å². The Morgan fingerprint density at radius 2 is 2.00 bits per heavy atom. The zero-order valence-corrected chi connectivity index (χ0v) is 10.3. The Morgan fingerprint density at radius 3 is 2.72 bits per heavy atom. The summed E-state index contributed by atoms with van der Waals surface area (Å²) in [5.41, 5.74) is 0.917. The van der Waals surface area contributed by atoms with E-state index >= 15 is 0 Å². The highest BCUT2D eigenvalue weighted by Gasteiger charge is 2.09. The van der Waals surface area contributed by atoms with Gasteiger partial charge in [-0.1, -0.05) is 12.1 Å². The molecule has 0 bridgehead atoms. The van der Waals surface area contributed by atoms with Crippen LogP contribution in [0.4, 0.5) is 5.95 Å². The zero-order chi connectivity index (χ0) is 12.5. The van der Waals surface area contributed by atoms with E-state index in [4.69, 9.17) is 0 Å². The minimum absolute atomic E-state index is 0.608. The van der Waals surface area contributed by atoms with Gasteiger partial charge in [0.25, 0.3) is 0 Å². The largest absolute Gasteiger partial charge is 0.357 e. The molecule has 0 amide bonds. The van der Waals surface area contributed by atoms with Crippen molar-refractivity contribution in [3.63, 3.8) is 0 Å². The number of nitrogens with one attached hydrogen (secondary N) is 1. The molecule has 0 saturated carbocycles. The van der Waals surface area contributed by atoms with Crippen LogP contribution in [0.2, 0.25) is 0 Å². The molecule has 5 nitrogen and oxygen atoms in total. The quantitative estimate of drug-likeness (QED) is 0.744. The number of imidazole rings is 1. The molecule has 2 heterocycles. The molecule has 0 aliphatic heterocycles. The molecule has 5 heteroatoms. The minimum Gasteiger partial charge on any atom is -0.357 e. The average molecular weight is 239 g/mol. The highest BCUT2D eigenvalue weighted by Crippen LogP contribution is 2.21. The van der Waals surface area contributed by atoms with Crippen LogP contribution in [0.15, 0.2) is 36.7 Å². The number of aryl methyl sites for hydroxylation is 1. The Bertz CT molecular complexity index is 701. The fourth-order valence-corrected chi connectivity index (χ4v) is 1.96. The molecule has 0 fully saturated rings. The van der Waals surface area contributed by atoms with Crippen molar-refractivity contribution in [3.8, 4) is 5.82 Å². The van der Waals surface area contributed by atoms with Gasteiger partial charge in [0, 0.05) is 24.8 Å². The highest BCUT2D eigenvalue weighted by molar-refractivity contribution is 5.86. The highest BCUT2D eigenvalue weighted by atomic mass is 15.2. The molecule has 0 aliphatic carbocycles. The molecule has 3 rings (SSSR count). The molecule has 0 radical (unpaired) electrons. The molecule has 0 saturated heterocycles. The predicted molar refractivity (Wildman–Crippen MR) is 70.9 cm³/mol. The lowest BCUT2D eigenvalue weighted by Crippen LogP contribution is -2.05. The van der Waals surface area contributed by atoms with Gasteiger partial charge in [-0.3, -0.25) is 4.57 Å². The van der Waals surface area contributed by atoms with Gasteiger partial charge in [0.05, 0.1) is 5.52 Å². The maximum absolute atomic E-state index is 4.52. The number of hydrogen-bond acceptors (Lipinski definition) is 4. The van der Waals surface area contributed by atoms with Gasteiger partial charge in [-0.05, 0) is 19.1 Å². The second-order valence-corrected chi connectivity index (χ2v) is 3.98. The van der Waals surface area contributed by atoms with Crippen molar-refractivity contribution >= 4 is 16.9 Å². The van der Waals surface area contributed by atoms with Gasteiger partial charge in [-0.15, -0.1) is 0 Å². The number of nitrogens with zero attached hydrogens (tertiary/aromatic N) is 4. The SMILES string of the molecule is CNc1nc(-n2ccnc2C)c2ccccc2n1. The number of benzene rings is 1. The summed E-state index contributed by atoms with van der Waals surface area (Å²) in [5, 5.41) is 4.00. The molecule has 1 N–H and O–H groups in total. The van der Waals surface area contributed by atoms with Gasteiger partial charge in [0.15, 0.2) is 5.82 Å². The number of rotatable bonds is 2. The standard InChI is InChI=1S/C13H13N5/c1-9-15-7-8-18(9)12-10-5-3-4-6-11(10)16-13(14-2)17-12/h3-8H,1-2H3,(H,14,16,17). The van der Waals surface area contributed by atoms with Crippen molar-refractivity contribution in [2.45, 2.75) is 6.92 Å². The van der Waals surface area contributed by atoms with Crippen molar-refractivity contribution in [3.05, 3.63) is 42.5 Å². The smallest absolute Gasteiger partial charge is 0.224 e. The number of aromatic nitrogens is 4. The van der Waals surface area contributed by atoms with Crippen LogP contribution in [0.5, 0.6) is 0 Å². The molecule has 2 aromatic heterocycles. The first kappa shape index (κ1) is 10.7. The third kappa shape index (κ3) is 1.60. The summed E-state index contributed by atoms with van der Waals surface area (Å²) < 4.78 is 1.96. The van der Waals surface area contributed by atoms with Gasteiger partial charge in [0.2, 0.25) is 5.95 Å². The summed E-state index contributed by atoms with van der Waals surface area (Å²) in [7, 11) is 1.81. The molecule has 3 aromatic rings. The van der Waals surface area contributed by atoms with Crippen LogP contribution in [-0.2, 0) is 0 Å². The minimum atomic E-state index is 0.608. The Hall–Kier alpha value is -2.43. The summed E-state index contributed by atoms with van der Waals surface area (Å²) in [5.74, 6) is 2.36. The Kier molecular flexibility index (Phi) is 2.44. The van der Waals surface area contributed by atoms with Crippen molar-refractivity contribution < 1.29 is 0 Å². The van der Waals surface area contributed by atoms with E-state index < -0.39 is 0 Å². The summed E-state index contributed by atoms with van der Waals surface area (Å²) in [4.78, 5) is 13.2. The topological polar surface area (TPSA) is 55.6 Å². The van der Waals surface area contributed by atoms with E-state index in [0.29, 0.717) is 5.95 Å². The van der Waals surface area contributed by atoms with Crippen LogP contribution in [0.3, 0.4) is 0 Å². The second-order valence-electron chi connectivity index (χ2n) is 3.98. The number of para-hydroxylation sites is 1. The predicted octanol–water partition coefficient (Wildman–Crippen LogP) is 2.17. The van der Waals surface area contributed by atoms with Crippen LogP contribution in [-0.4, -0.2) is 26.6 Å². The lowest BCUT2D eigenvalue weighted by atomic mass is 10.2. The van der Waals surface area contributed by atoms with Crippen LogP contribution >= 0.6 is 0 Å². The van der Waals surface area contributed by atoms with E-state index in [1.54, 1.807) is 6.20 Å². The van der Waals surface area contributed by atoms with Crippen molar-refractivity contribution in [1.82, 2.24) is 19.5 Å². The lowest BCUT2D eigenvalue weighted by Gasteiger charge is -2.09. The molecule has 0 aliphatic rings. The van der Waals surface area contributed by atoms with E-state index in [2.05, 4.69) is 20.3 Å². The first-order valence-electron chi connectivity index (χ1n) is 5.74. The average Bonchev–Trinajstić information content (AvgIpc) is 2.83. The summed E-state index contributed by atoms with van der Waals surface area (Å²) in [6, 6.07) is 7.96. The van der Waals surface area contributed by atoms with Gasteiger partial charge in [0.1, 0.15) is 5.82 Å². The number of anilines is 1. The van der Waals surface area contributed by atoms with Crippen LogP contribution in [0.1, 0.15) is 5.82 Å². The molecule has 0 atom stereocenters. The van der Waals surface area contributed by atoms with Crippen LogP contribution in [0.25, 0.3) is 16.7 Å². The molecule has 18 heavy (non-hydrogen) atoms. The van der Waals surface area contributed by atoms with Gasteiger partial charge < -0.3 is 5.32 Å². The maximum Gasteiger partial charge on any atom is 0.224 e. The molecule has 0 spiro atoms. The monoisotopic (exact) mass is 239 g/mol. The maximum atomic E-state index is 4.52. The molecular formula is C13H13N5. The molecule has 90 valence electrons. The van der Waals surface area contributed by atoms with Crippen molar-refractivity contribution in [2.24, 2.45) is 0 Å². The third-order valence-electron chi connectivity index (χ3n) is 2.86. The van der Waals surface area contributed by atoms with Crippen molar-refractivity contribution in [2.75, 3.05) is 12.4 Å². The van der Waals surface area contributed by atoms with Gasteiger partial charge >= 0.3 is 0 Å².